The molecule has 10 heteroatoms. The SMILES string of the molecule is Cc1cc(=O)n(CC(=O)N2CCN(c3ccc(-n4ccnc4C)nn3)CC2)cn1. The molecule has 4 rings (SSSR count). The van der Waals surface area contributed by atoms with Crippen molar-refractivity contribution in [3.63, 3.8) is 0 Å². The fourth-order valence-electron chi connectivity index (χ4n) is 3.30. The summed E-state index contributed by atoms with van der Waals surface area (Å²) in [4.78, 5) is 36.6. The van der Waals surface area contributed by atoms with Gasteiger partial charge in [-0.05, 0) is 26.0 Å². The van der Waals surface area contributed by atoms with Crippen LogP contribution >= 0.6 is 0 Å². The fraction of sp³-hybridized carbons (Fsp3) is 0.368. The number of nitrogens with zero attached hydrogens (tertiary/aromatic N) is 8. The first kappa shape index (κ1) is 18.8. The Bertz CT molecular complexity index is 1060. The molecule has 0 atom stereocenters. The number of hydrogen-bond acceptors (Lipinski definition) is 7. The second kappa shape index (κ2) is 7.82. The Hall–Kier alpha value is -3.56. The minimum absolute atomic E-state index is 0.00483. The molecule has 0 spiro atoms. The number of rotatable bonds is 4. The highest BCUT2D eigenvalue weighted by atomic mass is 16.2. The van der Waals surface area contributed by atoms with Crippen LogP contribution in [0.2, 0.25) is 0 Å². The minimum atomic E-state index is -0.215. The predicted molar refractivity (Wildman–Crippen MR) is 106 cm³/mol. The number of carbonyl (C=O) groups is 1. The van der Waals surface area contributed by atoms with Crippen molar-refractivity contribution < 1.29 is 4.79 Å². The van der Waals surface area contributed by atoms with Crippen LogP contribution in [-0.2, 0) is 11.3 Å². The lowest BCUT2D eigenvalue weighted by atomic mass is 10.3. The highest BCUT2D eigenvalue weighted by molar-refractivity contribution is 5.76. The molecule has 3 aromatic rings. The van der Waals surface area contributed by atoms with Crippen LogP contribution in [0.25, 0.3) is 5.82 Å². The molecule has 0 bridgehead atoms. The Kier molecular flexibility index (Phi) is 5.07. The summed E-state index contributed by atoms with van der Waals surface area (Å²) in [5, 5.41) is 8.62. The average Bonchev–Trinajstić information content (AvgIpc) is 3.16. The van der Waals surface area contributed by atoms with Crippen molar-refractivity contribution in [3.05, 3.63) is 58.8 Å². The molecule has 0 N–H and O–H groups in total. The van der Waals surface area contributed by atoms with E-state index in [1.54, 1.807) is 18.0 Å². The number of carbonyl (C=O) groups excluding carboxylic acids is 1. The molecule has 10 nitrogen and oxygen atoms in total. The number of aryl methyl sites for hydroxylation is 2. The third kappa shape index (κ3) is 4.00. The Morgan fingerprint density at radius 3 is 2.38 bits per heavy atom. The molecule has 0 aromatic carbocycles. The van der Waals surface area contributed by atoms with E-state index in [9.17, 15) is 9.59 Å². The number of hydrogen-bond donors (Lipinski definition) is 0. The molecule has 3 aromatic heterocycles. The van der Waals surface area contributed by atoms with E-state index in [0.717, 1.165) is 17.5 Å². The van der Waals surface area contributed by atoms with Gasteiger partial charge in [0.05, 0.1) is 6.33 Å². The van der Waals surface area contributed by atoms with Crippen LogP contribution in [0.1, 0.15) is 11.5 Å². The Morgan fingerprint density at radius 2 is 1.76 bits per heavy atom. The van der Waals surface area contributed by atoms with Crippen LogP contribution in [-0.4, -0.2) is 66.3 Å². The molecular weight excluding hydrogens is 372 g/mol. The molecule has 0 unspecified atom stereocenters. The Labute approximate surface area is 167 Å². The maximum absolute atomic E-state index is 12.5. The zero-order valence-electron chi connectivity index (χ0n) is 16.4. The van der Waals surface area contributed by atoms with Gasteiger partial charge in [-0.15, -0.1) is 10.2 Å². The highest BCUT2D eigenvalue weighted by Crippen LogP contribution is 2.15. The van der Waals surface area contributed by atoms with E-state index in [1.807, 2.05) is 29.8 Å². The second-order valence-corrected chi connectivity index (χ2v) is 6.96. The number of piperazine rings is 1. The third-order valence-electron chi connectivity index (χ3n) is 4.99. The first-order chi connectivity index (χ1) is 14.0. The van der Waals surface area contributed by atoms with Crippen LogP contribution < -0.4 is 10.5 Å². The van der Waals surface area contributed by atoms with Gasteiger partial charge in [0.1, 0.15) is 12.4 Å². The first-order valence-electron chi connectivity index (χ1n) is 9.41. The van der Waals surface area contributed by atoms with Crippen LogP contribution in [0, 0.1) is 13.8 Å². The molecule has 150 valence electrons. The van der Waals surface area contributed by atoms with Gasteiger partial charge in [-0.3, -0.25) is 18.7 Å². The van der Waals surface area contributed by atoms with Crippen molar-refractivity contribution in [1.82, 2.24) is 34.2 Å². The predicted octanol–water partition coefficient (Wildman–Crippen LogP) is 0.185. The number of amides is 1. The van der Waals surface area contributed by atoms with Gasteiger partial charge in [-0.1, -0.05) is 0 Å². The van der Waals surface area contributed by atoms with Gasteiger partial charge in [0.2, 0.25) is 5.91 Å². The molecule has 0 radical (unpaired) electrons. The molecule has 29 heavy (non-hydrogen) atoms. The van der Waals surface area contributed by atoms with E-state index in [1.165, 1.54) is 17.0 Å². The van der Waals surface area contributed by atoms with Gasteiger partial charge in [-0.25, -0.2) is 9.97 Å². The monoisotopic (exact) mass is 394 g/mol. The normalized spacial score (nSPS) is 14.3. The minimum Gasteiger partial charge on any atom is -0.352 e. The van der Waals surface area contributed by atoms with Gasteiger partial charge >= 0.3 is 0 Å². The van der Waals surface area contributed by atoms with Crippen LogP contribution in [0.4, 0.5) is 5.82 Å². The summed E-state index contributed by atoms with van der Waals surface area (Å²) in [5.41, 5.74) is 0.426. The molecular formula is C19H22N8O2. The van der Waals surface area contributed by atoms with Crippen molar-refractivity contribution in [2.45, 2.75) is 20.4 Å². The molecule has 0 saturated carbocycles. The van der Waals surface area contributed by atoms with Crippen molar-refractivity contribution >= 4 is 11.7 Å². The van der Waals surface area contributed by atoms with Gasteiger partial charge in [-0.2, -0.15) is 0 Å². The topological polar surface area (TPSA) is 102 Å². The van der Waals surface area contributed by atoms with E-state index in [-0.39, 0.29) is 18.0 Å². The van der Waals surface area contributed by atoms with Gasteiger partial charge in [0.25, 0.3) is 5.56 Å². The lowest BCUT2D eigenvalue weighted by Gasteiger charge is -2.35. The van der Waals surface area contributed by atoms with Gasteiger partial charge in [0.15, 0.2) is 11.6 Å². The fourth-order valence-corrected chi connectivity index (χ4v) is 3.30. The van der Waals surface area contributed by atoms with Crippen LogP contribution in [0.5, 0.6) is 0 Å². The summed E-state index contributed by atoms with van der Waals surface area (Å²) >= 11 is 0. The maximum atomic E-state index is 12.5. The maximum Gasteiger partial charge on any atom is 0.253 e. The number of aromatic nitrogens is 6. The zero-order chi connectivity index (χ0) is 20.4. The standard InChI is InChI=1S/C19H22N8O2/c1-14-11-18(28)26(13-21-14)12-19(29)25-9-7-24(8-10-25)16-3-4-17(23-22-16)27-6-5-20-15(27)2/h3-6,11,13H,7-10,12H2,1-2H3. The number of anilines is 1. The lowest BCUT2D eigenvalue weighted by Crippen LogP contribution is -2.50. The quantitative estimate of drug-likeness (QED) is 0.622. The van der Waals surface area contributed by atoms with Gasteiger partial charge in [0, 0.05) is 50.3 Å². The summed E-state index contributed by atoms with van der Waals surface area (Å²) in [6, 6.07) is 5.26. The summed E-state index contributed by atoms with van der Waals surface area (Å²) in [5.74, 6) is 2.25. The van der Waals surface area contributed by atoms with Crippen molar-refractivity contribution in [1.29, 1.82) is 0 Å². The molecule has 1 aliphatic rings. The smallest absolute Gasteiger partial charge is 0.253 e. The van der Waals surface area contributed by atoms with Crippen molar-refractivity contribution in [2.75, 3.05) is 31.1 Å². The number of imidazole rings is 1. The van der Waals surface area contributed by atoms with Crippen molar-refractivity contribution in [2.24, 2.45) is 0 Å². The summed E-state index contributed by atoms with van der Waals surface area (Å²) in [6.07, 6.45) is 4.99. The van der Waals surface area contributed by atoms with E-state index < -0.39 is 0 Å². The molecule has 1 fully saturated rings. The van der Waals surface area contributed by atoms with E-state index in [0.29, 0.717) is 31.9 Å². The van der Waals surface area contributed by atoms with E-state index in [4.69, 9.17) is 0 Å². The molecule has 1 saturated heterocycles. The summed E-state index contributed by atoms with van der Waals surface area (Å²) in [6.45, 7) is 6.11. The third-order valence-corrected chi connectivity index (χ3v) is 4.99. The second-order valence-electron chi connectivity index (χ2n) is 6.96. The van der Waals surface area contributed by atoms with E-state index in [2.05, 4.69) is 25.1 Å². The Balaban J connectivity index is 1.36. The average molecular weight is 394 g/mol. The Morgan fingerprint density at radius 1 is 1.03 bits per heavy atom. The highest BCUT2D eigenvalue weighted by Gasteiger charge is 2.22. The summed E-state index contributed by atoms with van der Waals surface area (Å²) < 4.78 is 3.21. The van der Waals surface area contributed by atoms with Gasteiger partial charge < -0.3 is 9.80 Å². The molecule has 0 aliphatic carbocycles. The first-order valence-corrected chi connectivity index (χ1v) is 9.41. The zero-order valence-corrected chi connectivity index (χ0v) is 16.4. The van der Waals surface area contributed by atoms with Crippen LogP contribution in [0.15, 0.2) is 41.7 Å². The molecule has 1 aliphatic heterocycles. The largest absolute Gasteiger partial charge is 0.352 e. The lowest BCUT2D eigenvalue weighted by molar-refractivity contribution is -0.132. The van der Waals surface area contributed by atoms with Crippen molar-refractivity contribution in [3.8, 4) is 5.82 Å². The molecule has 1 amide bonds. The van der Waals surface area contributed by atoms with Crippen LogP contribution in [0.3, 0.4) is 0 Å². The molecule has 4 heterocycles. The summed E-state index contributed by atoms with van der Waals surface area (Å²) in [7, 11) is 0. The van der Waals surface area contributed by atoms with E-state index >= 15 is 0 Å².